The van der Waals surface area contributed by atoms with Crippen LogP contribution in [0.2, 0.25) is 0 Å². The zero-order chi connectivity index (χ0) is 14.0. The van der Waals surface area contributed by atoms with Crippen LogP contribution >= 0.6 is 15.9 Å². The van der Waals surface area contributed by atoms with Gasteiger partial charge >= 0.3 is 0 Å². The summed E-state index contributed by atoms with van der Waals surface area (Å²) >= 11 is 3.33. The van der Waals surface area contributed by atoms with Crippen molar-refractivity contribution in [3.05, 3.63) is 51.9 Å². The molecule has 0 fully saturated rings. The lowest BCUT2D eigenvalue weighted by molar-refractivity contribution is 0.102. The van der Waals surface area contributed by atoms with Crippen LogP contribution in [0.4, 0.5) is 15.9 Å². The van der Waals surface area contributed by atoms with Crippen molar-refractivity contribution in [2.45, 2.75) is 6.92 Å². The van der Waals surface area contributed by atoms with Crippen molar-refractivity contribution in [2.24, 2.45) is 0 Å². The largest absolute Gasteiger partial charge is 0.381 e. The third-order valence-electron chi connectivity index (χ3n) is 2.46. The lowest BCUT2D eigenvalue weighted by atomic mass is 10.2. The summed E-state index contributed by atoms with van der Waals surface area (Å²) in [5.74, 6) is -1.67. The van der Waals surface area contributed by atoms with E-state index < -0.39 is 11.7 Å². The molecule has 0 saturated heterocycles. The summed E-state index contributed by atoms with van der Waals surface area (Å²) in [6.07, 6.45) is 1.29. The van der Waals surface area contributed by atoms with E-state index in [0.717, 1.165) is 10.0 Å². The summed E-state index contributed by atoms with van der Waals surface area (Å²) in [6, 6.07) is 6.70. The van der Waals surface area contributed by atoms with Crippen LogP contribution in [0.1, 0.15) is 15.9 Å². The summed E-state index contributed by atoms with van der Waals surface area (Å²) in [5.41, 5.74) is 6.74. The van der Waals surface area contributed by atoms with Crippen LogP contribution in [0.3, 0.4) is 0 Å². The molecule has 0 saturated carbocycles. The Morgan fingerprint density at radius 1 is 1.42 bits per heavy atom. The maximum atomic E-state index is 13.7. The minimum atomic E-state index is -0.813. The number of nitrogen functional groups attached to an aromatic ring is 1. The Morgan fingerprint density at radius 3 is 2.84 bits per heavy atom. The van der Waals surface area contributed by atoms with Gasteiger partial charge in [0.2, 0.25) is 0 Å². The lowest BCUT2D eigenvalue weighted by Crippen LogP contribution is -2.15. The number of benzene rings is 1. The molecule has 98 valence electrons. The molecule has 0 radical (unpaired) electrons. The monoisotopic (exact) mass is 323 g/mol. The van der Waals surface area contributed by atoms with Crippen molar-refractivity contribution in [2.75, 3.05) is 11.1 Å². The van der Waals surface area contributed by atoms with E-state index in [1.807, 2.05) is 13.0 Å². The van der Waals surface area contributed by atoms with E-state index in [0.29, 0.717) is 5.69 Å². The molecule has 0 aliphatic rings. The SMILES string of the molecule is Cc1cc(Br)cc(NC(=O)c2ccnc(N)c2F)c1. The number of carbonyl (C=O) groups is 1. The normalized spacial score (nSPS) is 10.3. The number of aromatic nitrogens is 1. The van der Waals surface area contributed by atoms with Crippen molar-refractivity contribution < 1.29 is 9.18 Å². The van der Waals surface area contributed by atoms with Crippen LogP contribution in [0.25, 0.3) is 0 Å². The van der Waals surface area contributed by atoms with Crippen LogP contribution in [-0.4, -0.2) is 10.9 Å². The van der Waals surface area contributed by atoms with Crippen molar-refractivity contribution in [3.63, 3.8) is 0 Å². The number of nitrogens with zero attached hydrogens (tertiary/aromatic N) is 1. The number of nitrogens with one attached hydrogen (secondary N) is 1. The smallest absolute Gasteiger partial charge is 0.258 e. The molecule has 1 amide bonds. The first-order chi connectivity index (χ1) is 8.97. The zero-order valence-electron chi connectivity index (χ0n) is 10.1. The van der Waals surface area contributed by atoms with E-state index in [-0.39, 0.29) is 11.4 Å². The van der Waals surface area contributed by atoms with Crippen molar-refractivity contribution in [1.29, 1.82) is 0 Å². The molecule has 2 aromatic rings. The molecule has 19 heavy (non-hydrogen) atoms. The minimum absolute atomic E-state index is 0.134. The highest BCUT2D eigenvalue weighted by Gasteiger charge is 2.14. The standard InChI is InChI=1S/C13H11BrFN3O/c1-7-4-8(14)6-9(5-7)18-13(19)10-2-3-17-12(16)11(10)15/h2-6H,1H3,(H2,16,17)(H,18,19). The Kier molecular flexibility index (Phi) is 3.80. The number of halogens is 2. The number of amides is 1. The van der Waals surface area contributed by atoms with Gasteiger partial charge in [-0.3, -0.25) is 4.79 Å². The minimum Gasteiger partial charge on any atom is -0.381 e. The first-order valence-corrected chi connectivity index (χ1v) is 6.25. The molecule has 0 spiro atoms. The molecule has 6 heteroatoms. The molecular weight excluding hydrogens is 313 g/mol. The first kappa shape index (κ1) is 13.5. The fourth-order valence-electron chi connectivity index (χ4n) is 1.64. The van der Waals surface area contributed by atoms with Gasteiger partial charge in [-0.1, -0.05) is 15.9 Å². The third kappa shape index (κ3) is 3.08. The van der Waals surface area contributed by atoms with Gasteiger partial charge in [-0.05, 0) is 36.8 Å². The van der Waals surface area contributed by atoms with Crippen LogP contribution < -0.4 is 11.1 Å². The second-order valence-corrected chi connectivity index (χ2v) is 4.94. The fraction of sp³-hybridized carbons (Fsp3) is 0.0769. The topological polar surface area (TPSA) is 68.0 Å². The summed E-state index contributed by atoms with van der Waals surface area (Å²) in [6.45, 7) is 1.89. The number of carbonyl (C=O) groups excluding carboxylic acids is 1. The van der Waals surface area contributed by atoms with Gasteiger partial charge in [-0.15, -0.1) is 0 Å². The molecule has 3 N–H and O–H groups in total. The van der Waals surface area contributed by atoms with Gasteiger partial charge in [-0.25, -0.2) is 9.37 Å². The third-order valence-corrected chi connectivity index (χ3v) is 2.92. The Labute approximate surface area is 118 Å². The number of anilines is 2. The molecule has 0 unspecified atom stereocenters. The van der Waals surface area contributed by atoms with E-state index in [9.17, 15) is 9.18 Å². The maximum Gasteiger partial charge on any atom is 0.258 e. The van der Waals surface area contributed by atoms with Crippen molar-refractivity contribution in [1.82, 2.24) is 4.98 Å². The second kappa shape index (κ2) is 5.36. The van der Waals surface area contributed by atoms with E-state index >= 15 is 0 Å². The summed E-state index contributed by atoms with van der Waals surface area (Å²) in [7, 11) is 0. The van der Waals surface area contributed by atoms with Gasteiger partial charge in [0.15, 0.2) is 11.6 Å². The highest BCUT2D eigenvalue weighted by atomic mass is 79.9. The molecule has 1 aromatic heterocycles. The summed E-state index contributed by atoms with van der Waals surface area (Å²) in [4.78, 5) is 15.5. The van der Waals surface area contributed by atoms with Gasteiger partial charge in [0.25, 0.3) is 5.91 Å². The predicted molar refractivity (Wildman–Crippen MR) is 75.4 cm³/mol. The Morgan fingerprint density at radius 2 is 2.16 bits per heavy atom. The van der Waals surface area contributed by atoms with Gasteiger partial charge in [0, 0.05) is 16.4 Å². The van der Waals surface area contributed by atoms with Crippen LogP contribution in [0.15, 0.2) is 34.9 Å². The molecule has 0 atom stereocenters. The Hall–Kier alpha value is -1.95. The van der Waals surface area contributed by atoms with Gasteiger partial charge in [0.1, 0.15) is 0 Å². The van der Waals surface area contributed by atoms with Gasteiger partial charge < -0.3 is 11.1 Å². The number of nitrogens with two attached hydrogens (primary N) is 1. The van der Waals surface area contributed by atoms with Gasteiger partial charge in [-0.2, -0.15) is 0 Å². The lowest BCUT2D eigenvalue weighted by Gasteiger charge is -2.08. The average molecular weight is 324 g/mol. The molecule has 0 aliphatic carbocycles. The molecule has 0 bridgehead atoms. The number of hydrogen-bond acceptors (Lipinski definition) is 3. The van der Waals surface area contributed by atoms with E-state index in [2.05, 4.69) is 26.2 Å². The van der Waals surface area contributed by atoms with Crippen LogP contribution in [-0.2, 0) is 0 Å². The molecule has 2 rings (SSSR count). The van der Waals surface area contributed by atoms with E-state index in [1.54, 1.807) is 12.1 Å². The summed E-state index contributed by atoms with van der Waals surface area (Å²) in [5, 5.41) is 2.62. The van der Waals surface area contributed by atoms with E-state index in [4.69, 9.17) is 5.73 Å². The van der Waals surface area contributed by atoms with Crippen LogP contribution in [0.5, 0.6) is 0 Å². The zero-order valence-corrected chi connectivity index (χ0v) is 11.7. The molecule has 1 heterocycles. The molecule has 4 nitrogen and oxygen atoms in total. The number of aryl methyl sites for hydroxylation is 1. The van der Waals surface area contributed by atoms with Crippen LogP contribution in [0, 0.1) is 12.7 Å². The maximum absolute atomic E-state index is 13.7. The number of rotatable bonds is 2. The second-order valence-electron chi connectivity index (χ2n) is 4.03. The molecular formula is C13H11BrFN3O. The highest BCUT2D eigenvalue weighted by molar-refractivity contribution is 9.10. The molecule has 0 aliphatic heterocycles. The number of hydrogen-bond donors (Lipinski definition) is 2. The average Bonchev–Trinajstić information content (AvgIpc) is 2.31. The Bertz CT molecular complexity index is 626. The molecule has 1 aromatic carbocycles. The van der Waals surface area contributed by atoms with Gasteiger partial charge in [0.05, 0.1) is 5.56 Å². The first-order valence-electron chi connectivity index (χ1n) is 5.46. The summed E-state index contributed by atoms with van der Waals surface area (Å²) < 4.78 is 14.5. The Balaban J connectivity index is 2.28. The fourth-order valence-corrected chi connectivity index (χ4v) is 2.25. The number of pyridine rings is 1. The highest BCUT2D eigenvalue weighted by Crippen LogP contribution is 2.20. The van der Waals surface area contributed by atoms with Crippen molar-refractivity contribution >= 4 is 33.3 Å². The predicted octanol–water partition coefficient (Wildman–Crippen LogP) is 3.13. The van der Waals surface area contributed by atoms with Crippen molar-refractivity contribution in [3.8, 4) is 0 Å². The quantitative estimate of drug-likeness (QED) is 0.892. The van der Waals surface area contributed by atoms with E-state index in [1.165, 1.54) is 12.3 Å².